The second-order valence-electron chi connectivity index (χ2n) is 10.1. The largest absolute Gasteiger partial charge is 0.443 e. The number of halogens is 1. The van der Waals surface area contributed by atoms with Gasteiger partial charge in [0.25, 0.3) is 0 Å². The third-order valence-corrected chi connectivity index (χ3v) is 8.81. The first-order chi connectivity index (χ1) is 19.3. The van der Waals surface area contributed by atoms with E-state index in [2.05, 4.69) is 6.08 Å². The predicted molar refractivity (Wildman–Crippen MR) is 157 cm³/mol. The summed E-state index contributed by atoms with van der Waals surface area (Å²) in [6, 6.07) is 24.9. The number of aliphatic hydroxyl groups excluding tert-OH is 1. The van der Waals surface area contributed by atoms with E-state index in [0.29, 0.717) is 24.8 Å². The molecule has 1 fully saturated rings. The Balaban J connectivity index is 1.52. The Morgan fingerprint density at radius 2 is 1.70 bits per heavy atom. The first-order valence-electron chi connectivity index (χ1n) is 13.4. The topological polar surface area (TPSA) is 66.8 Å². The van der Waals surface area contributed by atoms with Crippen LogP contribution in [0.3, 0.4) is 0 Å². The molecule has 1 aliphatic carbocycles. The number of benzene rings is 3. The maximum Gasteiger partial charge on any atom is 0.304 e. The van der Waals surface area contributed by atoms with E-state index in [4.69, 9.17) is 4.74 Å². The number of nitrogens with zero attached hydrogens (tertiary/aromatic N) is 1. The fraction of sp³-hybridized carbons (Fsp3) is 0.273. The molecule has 0 spiro atoms. The number of hydrogen-bond donors (Lipinski definition) is 1. The number of carbonyl (C=O) groups excluding carboxylic acids is 2. The van der Waals surface area contributed by atoms with Crippen molar-refractivity contribution in [3.05, 3.63) is 120 Å². The molecule has 1 unspecified atom stereocenters. The number of thioether (sulfide) groups is 1. The molecule has 3 aromatic rings. The molecule has 0 saturated carbocycles. The van der Waals surface area contributed by atoms with Gasteiger partial charge in [0.15, 0.2) is 4.93 Å². The lowest BCUT2D eigenvalue weighted by atomic mass is 9.73. The SMILES string of the molecule is CSC1(OC(C)=O)CC(c2ccccc2)=CC=C1[C@@H]1[C@@H](CC[C@H](O)c2ccc(F)cc2)C(=O)N1c1ccccc1. The molecular weight excluding hydrogens is 525 g/mol. The quantitative estimate of drug-likeness (QED) is 0.180. The van der Waals surface area contributed by atoms with Crippen LogP contribution in [-0.4, -0.2) is 34.2 Å². The van der Waals surface area contributed by atoms with E-state index in [1.165, 1.54) is 30.8 Å². The zero-order valence-electron chi connectivity index (χ0n) is 22.5. The van der Waals surface area contributed by atoms with Gasteiger partial charge in [-0.05, 0) is 60.1 Å². The summed E-state index contributed by atoms with van der Waals surface area (Å²) in [5.74, 6) is -1.22. The fourth-order valence-corrected chi connectivity index (χ4v) is 6.64. The summed E-state index contributed by atoms with van der Waals surface area (Å²) in [6.07, 6.45) is 6.36. The molecule has 3 aromatic carbocycles. The van der Waals surface area contributed by atoms with Crippen molar-refractivity contribution in [3.63, 3.8) is 0 Å². The Hall–Kier alpha value is -3.68. The number of anilines is 1. The average molecular weight is 558 g/mol. The minimum Gasteiger partial charge on any atom is -0.443 e. The highest BCUT2D eigenvalue weighted by Crippen LogP contribution is 2.51. The number of para-hydroxylation sites is 1. The number of esters is 1. The lowest BCUT2D eigenvalue weighted by Crippen LogP contribution is -2.65. The van der Waals surface area contributed by atoms with E-state index in [0.717, 1.165) is 22.4 Å². The maximum absolute atomic E-state index is 13.7. The Morgan fingerprint density at radius 3 is 2.33 bits per heavy atom. The normalized spacial score (nSPS) is 23.1. The fourth-order valence-electron chi connectivity index (χ4n) is 5.71. The molecular formula is C33H32FNO4S. The van der Waals surface area contributed by atoms with Crippen molar-refractivity contribution >= 4 is 34.9 Å². The molecule has 1 aliphatic heterocycles. The van der Waals surface area contributed by atoms with Gasteiger partial charge in [-0.3, -0.25) is 9.59 Å². The van der Waals surface area contributed by atoms with Crippen molar-refractivity contribution in [2.24, 2.45) is 5.92 Å². The van der Waals surface area contributed by atoms with Crippen LogP contribution < -0.4 is 4.90 Å². The monoisotopic (exact) mass is 557 g/mol. The zero-order valence-corrected chi connectivity index (χ0v) is 23.3. The molecule has 4 atom stereocenters. The Kier molecular flexibility index (Phi) is 8.24. The highest BCUT2D eigenvalue weighted by molar-refractivity contribution is 8.00. The number of amides is 1. The lowest BCUT2D eigenvalue weighted by Gasteiger charge is -2.52. The van der Waals surface area contributed by atoms with Gasteiger partial charge in [-0.2, -0.15) is 0 Å². The maximum atomic E-state index is 13.7. The van der Waals surface area contributed by atoms with E-state index in [9.17, 15) is 19.1 Å². The van der Waals surface area contributed by atoms with Crippen LogP contribution >= 0.6 is 11.8 Å². The summed E-state index contributed by atoms with van der Waals surface area (Å²) < 4.78 is 19.5. The second-order valence-corrected chi connectivity index (χ2v) is 11.2. The minimum absolute atomic E-state index is 0.0425. The smallest absolute Gasteiger partial charge is 0.304 e. The van der Waals surface area contributed by atoms with Crippen molar-refractivity contribution in [1.29, 1.82) is 0 Å². The van der Waals surface area contributed by atoms with Gasteiger partial charge in [0.05, 0.1) is 18.1 Å². The number of allylic oxidation sites excluding steroid dienone is 2. The number of ether oxygens (including phenoxy) is 1. The van der Waals surface area contributed by atoms with Crippen LogP contribution in [0.2, 0.25) is 0 Å². The summed E-state index contributed by atoms with van der Waals surface area (Å²) in [5.41, 5.74) is 4.31. The Labute approximate surface area is 238 Å². The van der Waals surface area contributed by atoms with E-state index < -0.39 is 22.9 Å². The summed E-state index contributed by atoms with van der Waals surface area (Å²) in [6.45, 7) is 1.41. The van der Waals surface area contributed by atoms with Crippen molar-refractivity contribution in [3.8, 4) is 0 Å². The van der Waals surface area contributed by atoms with Crippen LogP contribution in [0.1, 0.15) is 43.4 Å². The van der Waals surface area contributed by atoms with Crippen molar-refractivity contribution < 1.29 is 23.8 Å². The number of carbonyl (C=O) groups is 2. The molecule has 0 aromatic heterocycles. The van der Waals surface area contributed by atoms with E-state index in [1.807, 2.05) is 73.0 Å². The Morgan fingerprint density at radius 1 is 1.05 bits per heavy atom. The standard InChI is InChI=1S/C33H32FNO4S/c1-22(36)39-33(40-2)21-25(23-9-5-3-6-10-23)15-19-29(33)31-28(32(38)35(31)27-11-7-4-8-12-27)18-20-30(37)24-13-16-26(34)17-14-24/h3-17,19,28,30-31,37H,18,20-21H2,1-2H3/t28-,30+,31+,33?/m1/s1. The molecule has 5 rings (SSSR count). The van der Waals surface area contributed by atoms with Crippen molar-refractivity contribution in [2.75, 3.05) is 11.2 Å². The van der Waals surface area contributed by atoms with Gasteiger partial charge in [-0.15, -0.1) is 11.8 Å². The molecule has 0 radical (unpaired) electrons. The number of hydrogen-bond acceptors (Lipinski definition) is 5. The molecule has 206 valence electrons. The van der Waals surface area contributed by atoms with Gasteiger partial charge < -0.3 is 14.7 Å². The first kappa shape index (κ1) is 27.9. The summed E-state index contributed by atoms with van der Waals surface area (Å²) >= 11 is 1.45. The van der Waals surface area contributed by atoms with E-state index in [-0.39, 0.29) is 17.8 Å². The molecule has 0 bridgehead atoms. The molecule has 1 amide bonds. The van der Waals surface area contributed by atoms with Gasteiger partial charge in [0.1, 0.15) is 5.82 Å². The molecule has 2 aliphatic rings. The number of aliphatic hydroxyl groups is 1. The van der Waals surface area contributed by atoms with Crippen molar-refractivity contribution in [1.82, 2.24) is 0 Å². The Bertz CT molecular complexity index is 1420. The van der Waals surface area contributed by atoms with Gasteiger partial charge >= 0.3 is 5.97 Å². The zero-order chi connectivity index (χ0) is 28.3. The average Bonchev–Trinajstić information content (AvgIpc) is 2.97. The predicted octanol–water partition coefficient (Wildman–Crippen LogP) is 6.71. The van der Waals surface area contributed by atoms with Crippen LogP contribution in [0.25, 0.3) is 5.57 Å². The summed E-state index contributed by atoms with van der Waals surface area (Å²) in [5, 5.41) is 10.8. The van der Waals surface area contributed by atoms with Crippen molar-refractivity contribution in [2.45, 2.75) is 43.3 Å². The molecule has 1 saturated heterocycles. The molecule has 7 heteroatoms. The lowest BCUT2D eigenvalue weighted by molar-refractivity contribution is -0.147. The van der Waals surface area contributed by atoms with Gasteiger partial charge in [-0.1, -0.05) is 72.8 Å². The van der Waals surface area contributed by atoms with E-state index >= 15 is 0 Å². The van der Waals surface area contributed by atoms with Crippen LogP contribution in [0, 0.1) is 11.7 Å². The van der Waals surface area contributed by atoms with Crippen LogP contribution in [0.5, 0.6) is 0 Å². The highest BCUT2D eigenvalue weighted by atomic mass is 32.2. The number of β-lactam (4-membered cyclic amide) rings is 1. The second kappa shape index (κ2) is 11.8. The van der Waals surface area contributed by atoms with Gasteiger partial charge in [0.2, 0.25) is 5.91 Å². The first-order valence-corrected chi connectivity index (χ1v) is 14.6. The van der Waals surface area contributed by atoms with E-state index in [1.54, 1.807) is 17.0 Å². The third kappa shape index (κ3) is 5.49. The third-order valence-electron chi connectivity index (χ3n) is 7.68. The summed E-state index contributed by atoms with van der Waals surface area (Å²) in [4.78, 5) is 26.9. The highest BCUT2D eigenvalue weighted by Gasteiger charge is 2.55. The van der Waals surface area contributed by atoms with Crippen LogP contribution in [-0.2, 0) is 14.3 Å². The molecule has 5 nitrogen and oxygen atoms in total. The summed E-state index contributed by atoms with van der Waals surface area (Å²) in [7, 11) is 0. The minimum atomic E-state index is -1.00. The molecule has 1 N–H and O–H groups in total. The van der Waals surface area contributed by atoms with Crippen LogP contribution in [0.15, 0.2) is 103 Å². The molecule has 1 heterocycles. The van der Waals surface area contributed by atoms with Gasteiger partial charge in [-0.25, -0.2) is 4.39 Å². The van der Waals surface area contributed by atoms with Crippen LogP contribution in [0.4, 0.5) is 10.1 Å². The molecule has 40 heavy (non-hydrogen) atoms. The van der Waals surface area contributed by atoms with Gasteiger partial charge in [0, 0.05) is 24.6 Å². The number of rotatable bonds is 9.